The first-order valence-corrected chi connectivity index (χ1v) is 11.9. The molecule has 9 heteroatoms. The van der Waals surface area contributed by atoms with Crippen LogP contribution in [0.15, 0.2) is 77.8 Å². The highest BCUT2D eigenvalue weighted by atomic mass is 35.5. The van der Waals surface area contributed by atoms with Crippen molar-refractivity contribution in [2.24, 2.45) is 7.05 Å². The minimum absolute atomic E-state index is 0.172. The Morgan fingerprint density at radius 2 is 1.88 bits per heavy atom. The fraction of sp³-hybridized carbons (Fsp3) is 0.0870. The predicted octanol–water partition coefficient (Wildman–Crippen LogP) is 4.89. The van der Waals surface area contributed by atoms with Crippen molar-refractivity contribution in [2.45, 2.75) is 10.6 Å². The number of aryl methyl sites for hydroxylation is 1. The van der Waals surface area contributed by atoms with E-state index in [9.17, 15) is 8.42 Å². The van der Waals surface area contributed by atoms with Gasteiger partial charge in [-0.25, -0.2) is 18.1 Å². The normalized spacial score (nSPS) is 11.8. The molecule has 5 aromatic rings. The van der Waals surface area contributed by atoms with Crippen LogP contribution in [-0.2, 0) is 22.6 Å². The number of sulfone groups is 1. The Bertz CT molecular complexity index is 1580. The van der Waals surface area contributed by atoms with Gasteiger partial charge in [0.2, 0.25) is 0 Å². The first-order chi connectivity index (χ1) is 15.4. The number of fused-ring (bicyclic) bond motifs is 2. The van der Waals surface area contributed by atoms with Crippen LogP contribution >= 0.6 is 11.6 Å². The van der Waals surface area contributed by atoms with Gasteiger partial charge in [-0.3, -0.25) is 0 Å². The highest BCUT2D eigenvalue weighted by Gasteiger charge is 2.19. The number of hydrogen-bond donors (Lipinski definition) is 1. The molecule has 0 aliphatic heterocycles. The second-order valence-electron chi connectivity index (χ2n) is 7.43. The van der Waals surface area contributed by atoms with Gasteiger partial charge >= 0.3 is 0 Å². The first-order valence-electron chi connectivity index (χ1n) is 9.82. The first kappa shape index (κ1) is 20.4. The Kier molecular flexibility index (Phi) is 5.03. The van der Waals surface area contributed by atoms with E-state index >= 15 is 0 Å². The van der Waals surface area contributed by atoms with Crippen molar-refractivity contribution < 1.29 is 8.42 Å². The average molecular weight is 464 g/mol. The minimum atomic E-state index is -3.62. The number of aromatic nitrogens is 4. The summed E-state index contributed by atoms with van der Waals surface area (Å²) in [5, 5.41) is 13.8. The van der Waals surface area contributed by atoms with Gasteiger partial charge in [0.05, 0.1) is 16.2 Å². The zero-order valence-electron chi connectivity index (χ0n) is 17.0. The van der Waals surface area contributed by atoms with Crippen LogP contribution in [0.1, 0.15) is 5.56 Å². The molecule has 0 saturated carbocycles. The van der Waals surface area contributed by atoms with Gasteiger partial charge in [0.25, 0.3) is 0 Å². The summed E-state index contributed by atoms with van der Waals surface area (Å²) >= 11 is 6.15. The summed E-state index contributed by atoms with van der Waals surface area (Å²) in [7, 11) is -1.84. The molecule has 0 aliphatic carbocycles. The van der Waals surface area contributed by atoms with E-state index in [0.29, 0.717) is 27.6 Å². The van der Waals surface area contributed by atoms with E-state index in [4.69, 9.17) is 11.6 Å². The van der Waals surface area contributed by atoms with Crippen molar-refractivity contribution in [1.82, 2.24) is 20.0 Å². The van der Waals surface area contributed by atoms with Gasteiger partial charge in [-0.2, -0.15) is 0 Å². The van der Waals surface area contributed by atoms with Crippen LogP contribution in [0.4, 0.5) is 11.5 Å². The molecule has 0 unspecified atom stereocenters. The Labute approximate surface area is 189 Å². The third-order valence-corrected chi connectivity index (χ3v) is 7.15. The Morgan fingerprint density at radius 1 is 1.03 bits per heavy atom. The van der Waals surface area contributed by atoms with Crippen LogP contribution in [-0.4, -0.2) is 28.4 Å². The number of pyridine rings is 1. The third-order valence-electron chi connectivity index (χ3n) is 5.26. The van der Waals surface area contributed by atoms with Crippen molar-refractivity contribution >= 4 is 54.7 Å². The molecule has 0 amide bonds. The summed E-state index contributed by atoms with van der Waals surface area (Å²) < 4.78 is 28.0. The molecule has 0 spiro atoms. The maximum absolute atomic E-state index is 13.2. The lowest BCUT2D eigenvalue weighted by molar-refractivity contribution is 0.595. The monoisotopic (exact) mass is 463 g/mol. The maximum Gasteiger partial charge on any atom is 0.182 e. The van der Waals surface area contributed by atoms with Crippen molar-refractivity contribution in [3.8, 4) is 0 Å². The lowest BCUT2D eigenvalue weighted by Crippen LogP contribution is -2.06. The summed E-state index contributed by atoms with van der Waals surface area (Å²) in [6.07, 6.45) is 1.70. The number of nitrogens with one attached hydrogen (secondary N) is 1. The van der Waals surface area contributed by atoms with Crippen molar-refractivity contribution in [2.75, 3.05) is 5.32 Å². The molecule has 160 valence electrons. The fourth-order valence-electron chi connectivity index (χ4n) is 3.66. The van der Waals surface area contributed by atoms with Gasteiger partial charge in [0.15, 0.2) is 9.84 Å². The van der Waals surface area contributed by atoms with Crippen LogP contribution in [0.2, 0.25) is 5.02 Å². The number of nitrogens with zero attached hydrogens (tertiary/aromatic N) is 4. The number of anilines is 2. The molecule has 5 rings (SSSR count). The van der Waals surface area contributed by atoms with Gasteiger partial charge in [-0.15, -0.1) is 5.10 Å². The molecule has 0 atom stereocenters. The molecule has 2 aromatic heterocycles. The second kappa shape index (κ2) is 7.89. The van der Waals surface area contributed by atoms with Crippen molar-refractivity contribution in [3.63, 3.8) is 0 Å². The number of hydrogen-bond acceptors (Lipinski definition) is 6. The van der Waals surface area contributed by atoms with Gasteiger partial charge in [-0.05, 0) is 53.4 Å². The van der Waals surface area contributed by atoms with E-state index in [1.807, 2.05) is 36.4 Å². The minimum Gasteiger partial charge on any atom is -0.340 e. The molecule has 0 radical (unpaired) electrons. The van der Waals surface area contributed by atoms with Crippen LogP contribution in [0.5, 0.6) is 0 Å². The lowest BCUT2D eigenvalue weighted by Gasteiger charge is -2.11. The van der Waals surface area contributed by atoms with Gasteiger partial charge < -0.3 is 5.32 Å². The average Bonchev–Trinajstić information content (AvgIpc) is 3.16. The zero-order chi connectivity index (χ0) is 22.3. The molecule has 3 aromatic carbocycles. The van der Waals surface area contributed by atoms with E-state index in [1.165, 1.54) is 0 Å². The molecule has 0 aliphatic rings. The van der Waals surface area contributed by atoms with Crippen molar-refractivity contribution in [3.05, 3.63) is 83.5 Å². The second-order valence-corrected chi connectivity index (χ2v) is 9.86. The number of halogens is 1. The SMILES string of the molecule is Cn1nnc2c(CS(=O)(=O)c3cccc(Nc4nccc5ccc(Cl)cc45)c3)cccc21. The Hall–Kier alpha value is -3.49. The molecule has 1 N–H and O–H groups in total. The number of benzene rings is 3. The van der Waals surface area contributed by atoms with E-state index in [1.54, 1.807) is 48.3 Å². The number of rotatable bonds is 5. The van der Waals surface area contributed by atoms with Crippen molar-refractivity contribution in [1.29, 1.82) is 0 Å². The fourth-order valence-corrected chi connectivity index (χ4v) is 5.24. The summed E-state index contributed by atoms with van der Waals surface area (Å²) in [5.41, 5.74) is 2.60. The van der Waals surface area contributed by atoms with E-state index in [2.05, 4.69) is 20.6 Å². The summed E-state index contributed by atoms with van der Waals surface area (Å²) in [5.74, 6) is 0.429. The molecule has 32 heavy (non-hydrogen) atoms. The van der Waals surface area contributed by atoms with Crippen LogP contribution < -0.4 is 5.32 Å². The molecule has 2 heterocycles. The standard InChI is InChI=1S/C23H18ClN5O2S/c1-29-21-7-2-4-16(22(21)27-28-29)14-32(30,31)19-6-3-5-18(13-19)26-23-20-12-17(24)9-8-15(20)10-11-25-23/h2-13H,14H2,1H3,(H,25,26). The smallest absolute Gasteiger partial charge is 0.182 e. The molecule has 0 fully saturated rings. The Balaban J connectivity index is 1.48. The third kappa shape index (κ3) is 3.79. The molecule has 7 nitrogen and oxygen atoms in total. The highest BCUT2D eigenvalue weighted by molar-refractivity contribution is 7.90. The van der Waals surface area contributed by atoms with Gasteiger partial charge in [0.1, 0.15) is 11.3 Å². The van der Waals surface area contributed by atoms with E-state index in [-0.39, 0.29) is 10.6 Å². The molecule has 0 saturated heterocycles. The highest BCUT2D eigenvalue weighted by Crippen LogP contribution is 2.29. The maximum atomic E-state index is 13.2. The van der Waals surface area contributed by atoms with Gasteiger partial charge in [-0.1, -0.05) is 41.1 Å². The quantitative estimate of drug-likeness (QED) is 0.399. The summed E-state index contributed by atoms with van der Waals surface area (Å²) in [6, 6.07) is 19.6. The van der Waals surface area contributed by atoms with Gasteiger partial charge in [0, 0.05) is 29.3 Å². The van der Waals surface area contributed by atoms with Crippen LogP contribution in [0.3, 0.4) is 0 Å². The largest absolute Gasteiger partial charge is 0.340 e. The molecule has 0 bridgehead atoms. The Morgan fingerprint density at radius 3 is 2.75 bits per heavy atom. The van der Waals surface area contributed by atoms with Crippen LogP contribution in [0, 0.1) is 0 Å². The van der Waals surface area contributed by atoms with E-state index < -0.39 is 9.84 Å². The molecular weight excluding hydrogens is 446 g/mol. The summed E-state index contributed by atoms with van der Waals surface area (Å²) in [6.45, 7) is 0. The zero-order valence-corrected chi connectivity index (χ0v) is 18.6. The lowest BCUT2D eigenvalue weighted by atomic mass is 10.1. The molecular formula is C23H18ClN5O2S. The van der Waals surface area contributed by atoms with Crippen LogP contribution in [0.25, 0.3) is 21.8 Å². The predicted molar refractivity (Wildman–Crippen MR) is 126 cm³/mol. The summed E-state index contributed by atoms with van der Waals surface area (Å²) in [4.78, 5) is 4.61. The van der Waals surface area contributed by atoms with E-state index in [0.717, 1.165) is 16.3 Å². The topological polar surface area (TPSA) is 89.8 Å².